The molecule has 138 valence electrons. The second kappa shape index (κ2) is 6.79. The molecular weight excluding hydrogens is 351 g/mol. The number of nitrogens with zero attached hydrogens (tertiary/aromatic N) is 4. The zero-order chi connectivity index (χ0) is 19.0. The fourth-order valence-corrected chi connectivity index (χ4v) is 3.27. The Kier molecular flexibility index (Phi) is 4.31. The summed E-state index contributed by atoms with van der Waals surface area (Å²) in [5.41, 5.74) is 1.58. The van der Waals surface area contributed by atoms with E-state index in [1.807, 2.05) is 29.2 Å². The second-order valence-electron chi connectivity index (χ2n) is 6.34. The molecule has 0 bridgehead atoms. The molecule has 2 aromatic rings. The lowest BCUT2D eigenvalue weighted by Gasteiger charge is -2.27. The highest BCUT2D eigenvalue weighted by Crippen LogP contribution is 2.28. The Bertz CT molecular complexity index is 912. The summed E-state index contributed by atoms with van der Waals surface area (Å²) in [6.07, 6.45) is -0.580. The number of hydrogen-bond acceptors (Lipinski definition) is 5. The number of hydrogen-bond donors (Lipinski definition) is 0. The van der Waals surface area contributed by atoms with Gasteiger partial charge in [0.2, 0.25) is 6.54 Å². The van der Waals surface area contributed by atoms with E-state index in [9.17, 15) is 14.0 Å². The highest BCUT2D eigenvalue weighted by molar-refractivity contribution is 6.31. The molecule has 8 heteroatoms. The van der Waals surface area contributed by atoms with E-state index >= 15 is 0 Å². The molecule has 0 aliphatic carbocycles. The van der Waals surface area contributed by atoms with Gasteiger partial charge in [-0.05, 0) is 53.2 Å². The maximum absolute atomic E-state index is 13.1. The summed E-state index contributed by atoms with van der Waals surface area (Å²) < 4.78 is 19.4. The number of benzene rings is 2. The molecule has 1 saturated heterocycles. The van der Waals surface area contributed by atoms with E-state index in [0.717, 1.165) is 11.4 Å². The molecule has 0 saturated carbocycles. The van der Waals surface area contributed by atoms with Crippen LogP contribution in [-0.4, -0.2) is 47.9 Å². The fourth-order valence-electron chi connectivity index (χ4n) is 3.27. The topological polar surface area (TPSA) is 65.2 Å². The summed E-state index contributed by atoms with van der Waals surface area (Å²) in [7, 11) is 1.60. The lowest BCUT2D eigenvalue weighted by atomic mass is 10.2. The van der Waals surface area contributed by atoms with Gasteiger partial charge in [0.15, 0.2) is 0 Å². The zero-order valence-corrected chi connectivity index (χ0v) is 14.7. The van der Waals surface area contributed by atoms with Crippen molar-refractivity contribution in [2.24, 2.45) is 5.11 Å². The van der Waals surface area contributed by atoms with E-state index in [1.165, 1.54) is 21.7 Å². The predicted octanol–water partition coefficient (Wildman–Crippen LogP) is 1.97. The maximum atomic E-state index is 13.1. The highest BCUT2D eigenvalue weighted by Gasteiger charge is 2.49. The van der Waals surface area contributed by atoms with E-state index < -0.39 is 18.1 Å². The molecule has 2 heterocycles. The lowest BCUT2D eigenvalue weighted by Crippen LogP contribution is -2.51. The van der Waals surface area contributed by atoms with Gasteiger partial charge in [0.25, 0.3) is 6.29 Å². The summed E-state index contributed by atoms with van der Waals surface area (Å²) in [6, 6.07) is 13.2. The number of methoxy groups -OCH3 is 1. The van der Waals surface area contributed by atoms with E-state index in [0.29, 0.717) is 18.7 Å². The van der Waals surface area contributed by atoms with Gasteiger partial charge in [-0.2, -0.15) is 0 Å². The van der Waals surface area contributed by atoms with Crippen LogP contribution in [0.1, 0.15) is 5.56 Å². The quantitative estimate of drug-likeness (QED) is 0.611. The molecule has 1 unspecified atom stereocenters. The molecule has 0 radical (unpaired) electrons. The zero-order valence-electron chi connectivity index (χ0n) is 14.7. The van der Waals surface area contributed by atoms with Crippen LogP contribution in [0.4, 0.5) is 10.1 Å². The molecule has 0 spiro atoms. The van der Waals surface area contributed by atoms with Gasteiger partial charge in [0.05, 0.1) is 7.11 Å². The molecule has 2 aliphatic rings. The molecule has 1 atom stereocenters. The molecule has 0 N–H and O–H groups in total. The number of azo groups is 2. The van der Waals surface area contributed by atoms with Crippen LogP contribution >= 0.6 is 0 Å². The first-order valence-electron chi connectivity index (χ1n) is 8.55. The van der Waals surface area contributed by atoms with Crippen molar-refractivity contribution in [1.82, 2.24) is 4.90 Å². The van der Waals surface area contributed by atoms with Gasteiger partial charge in [-0.25, -0.2) is 9.18 Å². The Morgan fingerprint density at radius 1 is 1.07 bits per heavy atom. The van der Waals surface area contributed by atoms with Gasteiger partial charge in [-0.15, -0.1) is 0 Å². The molecule has 4 rings (SSSR count). The Balaban J connectivity index is 1.63. The van der Waals surface area contributed by atoms with E-state index in [1.54, 1.807) is 19.2 Å². The van der Waals surface area contributed by atoms with Gasteiger partial charge < -0.3 is 9.64 Å². The average molecular weight is 369 g/mol. The minimum atomic E-state index is -0.674. The van der Waals surface area contributed by atoms with E-state index in [2.05, 4.69) is 5.11 Å². The first-order valence-corrected chi connectivity index (χ1v) is 8.55. The van der Waals surface area contributed by atoms with Gasteiger partial charge in [-0.3, -0.25) is 9.69 Å². The second-order valence-corrected chi connectivity index (χ2v) is 6.34. The molecule has 7 nitrogen and oxygen atoms in total. The number of ether oxygens (including phenoxy) is 1. The number of amides is 2. The third-order valence-electron chi connectivity index (χ3n) is 4.71. The Morgan fingerprint density at radius 2 is 1.74 bits per heavy atom. The Hall–Kier alpha value is -3.29. The van der Waals surface area contributed by atoms with Crippen LogP contribution < -0.4 is 9.64 Å². The fraction of sp³-hybridized carbons (Fsp3) is 0.263. The maximum Gasteiger partial charge on any atom is 0.502 e. The lowest BCUT2D eigenvalue weighted by molar-refractivity contribution is -0.534. The molecule has 2 amide bonds. The summed E-state index contributed by atoms with van der Waals surface area (Å²) in [5.74, 6) is -0.871. The number of carbonyl (C=O) groups is 2. The molecule has 27 heavy (non-hydrogen) atoms. The highest BCUT2D eigenvalue weighted by atomic mass is 19.1. The van der Waals surface area contributed by atoms with Crippen LogP contribution in [0.2, 0.25) is 0 Å². The van der Waals surface area contributed by atoms with E-state index in [4.69, 9.17) is 4.74 Å². The first-order chi connectivity index (χ1) is 13.1. The van der Waals surface area contributed by atoms with Crippen LogP contribution in [0.15, 0.2) is 53.6 Å². The monoisotopic (exact) mass is 369 g/mol. The minimum absolute atomic E-state index is 0.117. The van der Waals surface area contributed by atoms with E-state index in [-0.39, 0.29) is 12.4 Å². The number of anilines is 1. The summed E-state index contributed by atoms with van der Waals surface area (Å²) in [5, 5.41) is 4.48. The molecule has 1 fully saturated rings. The van der Waals surface area contributed by atoms with Crippen molar-refractivity contribution in [3.8, 4) is 5.75 Å². The predicted molar refractivity (Wildman–Crippen MR) is 93.6 cm³/mol. The standard InChI is InChI=1S/C19H18FN4O3/c1-27-16-8-6-15(7-9-16)22-10-11-23-17(25)18(26)24(21-19(22)23)12-13-2-4-14(20)5-3-13/h2-9,19H,10-12H2,1H3/q+1. The minimum Gasteiger partial charge on any atom is -0.497 e. The van der Waals surface area contributed by atoms with Crippen molar-refractivity contribution in [2.75, 3.05) is 25.1 Å². The Morgan fingerprint density at radius 3 is 2.41 bits per heavy atom. The SMILES string of the molecule is COc1ccc(N2CCN3C(=O)C(=O)[N+](Cc4ccc(F)cc4)=NC32)cc1. The van der Waals surface area contributed by atoms with Crippen molar-refractivity contribution in [1.29, 1.82) is 0 Å². The molecule has 0 aromatic heterocycles. The normalized spacial score (nSPS) is 19.2. The summed E-state index contributed by atoms with van der Waals surface area (Å²) >= 11 is 0. The van der Waals surface area contributed by atoms with Crippen molar-refractivity contribution in [3.05, 3.63) is 59.9 Å². The largest absolute Gasteiger partial charge is 0.502 e. The third kappa shape index (κ3) is 3.14. The van der Waals surface area contributed by atoms with Gasteiger partial charge >= 0.3 is 11.8 Å². The van der Waals surface area contributed by atoms with Crippen molar-refractivity contribution >= 4 is 17.5 Å². The summed E-state index contributed by atoms with van der Waals surface area (Å²) in [4.78, 5) is 28.3. The summed E-state index contributed by atoms with van der Waals surface area (Å²) in [6.45, 7) is 1.12. The molecule has 2 aliphatic heterocycles. The van der Waals surface area contributed by atoms with Crippen LogP contribution in [0.5, 0.6) is 5.75 Å². The van der Waals surface area contributed by atoms with Crippen LogP contribution in [0.25, 0.3) is 0 Å². The third-order valence-corrected chi connectivity index (χ3v) is 4.71. The number of carbonyl (C=O) groups excluding carboxylic acids is 2. The van der Waals surface area contributed by atoms with Crippen LogP contribution in [-0.2, 0) is 16.1 Å². The smallest absolute Gasteiger partial charge is 0.497 e. The Labute approximate surface area is 155 Å². The number of halogens is 1. The van der Waals surface area contributed by atoms with Crippen molar-refractivity contribution in [2.45, 2.75) is 12.8 Å². The van der Waals surface area contributed by atoms with Crippen LogP contribution in [0, 0.1) is 5.82 Å². The van der Waals surface area contributed by atoms with Crippen molar-refractivity contribution < 1.29 is 23.4 Å². The van der Waals surface area contributed by atoms with Crippen molar-refractivity contribution in [3.63, 3.8) is 0 Å². The van der Waals surface area contributed by atoms with Gasteiger partial charge in [0.1, 0.15) is 11.6 Å². The molecular formula is C19H18FN4O3+. The number of rotatable bonds is 4. The van der Waals surface area contributed by atoms with Crippen LogP contribution in [0.3, 0.4) is 0 Å². The average Bonchev–Trinajstić information content (AvgIpc) is 3.11. The first kappa shape index (κ1) is 17.1. The molecule has 2 aromatic carbocycles. The van der Waals surface area contributed by atoms with Gasteiger partial charge in [-0.1, -0.05) is 0 Å². The van der Waals surface area contributed by atoms with Gasteiger partial charge in [0, 0.05) is 29.5 Å². The number of fused-ring (bicyclic) bond motifs is 1.